The first-order valence-electron chi connectivity index (χ1n) is 3.51. The fourth-order valence-electron chi connectivity index (χ4n) is 0.643. The summed E-state index contributed by atoms with van der Waals surface area (Å²) in [5.74, 6) is -0.290. The molecule has 64 valence electrons. The van der Waals surface area contributed by atoms with Crippen LogP contribution in [0, 0.1) is 5.82 Å². The van der Waals surface area contributed by atoms with Gasteiger partial charge in [-0.15, -0.1) is 0 Å². The highest BCUT2D eigenvalue weighted by Gasteiger charge is 1.97. The van der Waals surface area contributed by atoms with Crippen LogP contribution in [0.4, 0.5) is 10.2 Å². The van der Waals surface area contributed by atoms with Crippen molar-refractivity contribution in [3.63, 3.8) is 0 Å². The van der Waals surface area contributed by atoms with Gasteiger partial charge in [0.05, 0.1) is 6.34 Å². The quantitative estimate of drug-likeness (QED) is 0.492. The summed E-state index contributed by atoms with van der Waals surface area (Å²) in [7, 11) is 3.62. The Morgan fingerprint density at radius 1 is 1.58 bits per heavy atom. The van der Waals surface area contributed by atoms with E-state index >= 15 is 0 Å². The van der Waals surface area contributed by atoms with Crippen LogP contribution in [0.25, 0.3) is 0 Å². The standard InChI is InChI=1S/C8H10FN3/c1-12(2)6-11-8-7(9)4-3-5-10-8/h3-6H,1-2H3/b11-6+. The molecule has 3 nitrogen and oxygen atoms in total. The van der Waals surface area contributed by atoms with Crippen molar-refractivity contribution in [2.24, 2.45) is 4.99 Å². The zero-order valence-electron chi connectivity index (χ0n) is 7.03. The maximum absolute atomic E-state index is 12.8. The Morgan fingerprint density at radius 2 is 2.33 bits per heavy atom. The van der Waals surface area contributed by atoms with E-state index in [9.17, 15) is 4.39 Å². The molecule has 0 saturated heterocycles. The molecule has 4 heteroatoms. The lowest BCUT2D eigenvalue weighted by atomic mass is 10.4. The number of halogens is 1. The minimum atomic E-state index is -0.407. The molecule has 0 radical (unpaired) electrons. The van der Waals surface area contributed by atoms with Crippen molar-refractivity contribution in [3.8, 4) is 0 Å². The second-order valence-corrected chi connectivity index (χ2v) is 2.52. The number of aromatic nitrogens is 1. The van der Waals surface area contributed by atoms with Crippen molar-refractivity contribution in [1.29, 1.82) is 0 Å². The van der Waals surface area contributed by atoms with Crippen LogP contribution in [0.3, 0.4) is 0 Å². The summed E-state index contributed by atoms with van der Waals surface area (Å²) >= 11 is 0. The second kappa shape index (κ2) is 3.80. The van der Waals surface area contributed by atoms with E-state index < -0.39 is 5.82 Å². The minimum absolute atomic E-state index is 0.117. The third-order valence-electron chi connectivity index (χ3n) is 1.15. The lowest BCUT2D eigenvalue weighted by Gasteiger charge is -2.01. The van der Waals surface area contributed by atoms with E-state index in [0.717, 1.165) is 0 Å². The lowest BCUT2D eigenvalue weighted by molar-refractivity contribution is 0.619. The van der Waals surface area contributed by atoms with Gasteiger partial charge in [0.1, 0.15) is 0 Å². The van der Waals surface area contributed by atoms with Crippen LogP contribution < -0.4 is 0 Å². The van der Waals surface area contributed by atoms with E-state index in [4.69, 9.17) is 0 Å². The van der Waals surface area contributed by atoms with Crippen molar-refractivity contribution < 1.29 is 4.39 Å². The first kappa shape index (κ1) is 8.64. The van der Waals surface area contributed by atoms with Gasteiger partial charge in [-0.3, -0.25) is 0 Å². The molecule has 12 heavy (non-hydrogen) atoms. The third kappa shape index (κ3) is 2.30. The van der Waals surface area contributed by atoms with E-state index in [-0.39, 0.29) is 5.82 Å². The molecule has 0 aliphatic rings. The first-order valence-corrected chi connectivity index (χ1v) is 3.51. The van der Waals surface area contributed by atoms with E-state index in [0.29, 0.717) is 0 Å². The summed E-state index contributed by atoms with van der Waals surface area (Å²) in [6, 6.07) is 2.86. The Labute approximate surface area is 70.6 Å². The molecule has 1 rings (SSSR count). The Kier molecular flexibility index (Phi) is 2.74. The zero-order chi connectivity index (χ0) is 8.97. The molecule has 1 aromatic heterocycles. The highest BCUT2D eigenvalue weighted by molar-refractivity contribution is 5.58. The van der Waals surface area contributed by atoms with Crippen molar-refractivity contribution in [2.75, 3.05) is 14.1 Å². The summed E-state index contributed by atoms with van der Waals surface area (Å²) in [5, 5.41) is 0. The van der Waals surface area contributed by atoms with Gasteiger partial charge in [0.15, 0.2) is 11.6 Å². The van der Waals surface area contributed by atoms with E-state index in [1.807, 2.05) is 14.1 Å². The van der Waals surface area contributed by atoms with Gasteiger partial charge < -0.3 is 4.90 Å². The van der Waals surface area contributed by atoms with Crippen LogP contribution in [0.1, 0.15) is 0 Å². The van der Waals surface area contributed by atoms with Gasteiger partial charge >= 0.3 is 0 Å². The smallest absolute Gasteiger partial charge is 0.189 e. The van der Waals surface area contributed by atoms with Gasteiger partial charge in [0.2, 0.25) is 0 Å². The van der Waals surface area contributed by atoms with Gasteiger partial charge in [-0.2, -0.15) is 0 Å². The Balaban J connectivity index is 2.82. The maximum atomic E-state index is 12.8. The topological polar surface area (TPSA) is 28.5 Å². The highest BCUT2D eigenvalue weighted by Crippen LogP contribution is 2.11. The first-order chi connectivity index (χ1) is 5.70. The minimum Gasteiger partial charge on any atom is -0.369 e. The van der Waals surface area contributed by atoms with Crippen molar-refractivity contribution in [3.05, 3.63) is 24.1 Å². The average Bonchev–Trinajstić information content (AvgIpc) is 2.03. The maximum Gasteiger partial charge on any atom is 0.189 e. The highest BCUT2D eigenvalue weighted by atomic mass is 19.1. The molecule has 0 aliphatic carbocycles. The van der Waals surface area contributed by atoms with Crippen LogP contribution in [-0.4, -0.2) is 30.3 Å². The largest absolute Gasteiger partial charge is 0.369 e. The molecule has 0 unspecified atom stereocenters. The summed E-state index contributed by atoms with van der Waals surface area (Å²) in [6.45, 7) is 0. The van der Waals surface area contributed by atoms with Gasteiger partial charge in [0.25, 0.3) is 0 Å². The number of pyridine rings is 1. The van der Waals surface area contributed by atoms with Gasteiger partial charge in [-0.1, -0.05) is 0 Å². The van der Waals surface area contributed by atoms with Crippen LogP contribution in [-0.2, 0) is 0 Å². The molecule has 0 bridgehead atoms. The molecule has 0 amide bonds. The molecule has 0 aliphatic heterocycles. The fraction of sp³-hybridized carbons (Fsp3) is 0.250. The summed E-state index contributed by atoms with van der Waals surface area (Å²) in [4.78, 5) is 9.29. The molecular weight excluding hydrogens is 157 g/mol. The number of aliphatic imine (C=N–C) groups is 1. The molecular formula is C8H10FN3. The van der Waals surface area contributed by atoms with Crippen molar-refractivity contribution in [2.45, 2.75) is 0 Å². The molecule has 0 N–H and O–H groups in total. The molecule has 0 spiro atoms. The average molecular weight is 167 g/mol. The van der Waals surface area contributed by atoms with E-state index in [1.165, 1.54) is 24.7 Å². The van der Waals surface area contributed by atoms with Crippen molar-refractivity contribution >= 4 is 12.2 Å². The SMILES string of the molecule is CN(C)/C=N/c1ncccc1F. The predicted molar refractivity (Wildman–Crippen MR) is 46.0 cm³/mol. The third-order valence-corrected chi connectivity index (χ3v) is 1.15. The molecule has 0 saturated carbocycles. The number of hydrogen-bond acceptors (Lipinski definition) is 2. The van der Waals surface area contributed by atoms with Gasteiger partial charge in [0, 0.05) is 20.3 Å². The lowest BCUT2D eigenvalue weighted by Crippen LogP contribution is -2.07. The van der Waals surface area contributed by atoms with E-state index in [2.05, 4.69) is 9.98 Å². The molecule has 0 atom stereocenters. The number of nitrogens with zero attached hydrogens (tertiary/aromatic N) is 3. The molecule has 1 aromatic rings. The monoisotopic (exact) mass is 167 g/mol. The number of hydrogen-bond donors (Lipinski definition) is 0. The zero-order valence-corrected chi connectivity index (χ0v) is 7.03. The summed E-state index contributed by atoms with van der Waals surface area (Å²) in [5.41, 5.74) is 0. The summed E-state index contributed by atoms with van der Waals surface area (Å²) < 4.78 is 12.8. The van der Waals surface area contributed by atoms with Crippen LogP contribution in [0.5, 0.6) is 0 Å². The second-order valence-electron chi connectivity index (χ2n) is 2.52. The number of rotatable bonds is 2. The van der Waals surface area contributed by atoms with Crippen molar-refractivity contribution in [1.82, 2.24) is 9.88 Å². The van der Waals surface area contributed by atoms with Crippen LogP contribution >= 0.6 is 0 Å². The van der Waals surface area contributed by atoms with Crippen LogP contribution in [0.15, 0.2) is 23.3 Å². The predicted octanol–water partition coefficient (Wildman–Crippen LogP) is 1.44. The van der Waals surface area contributed by atoms with Gasteiger partial charge in [-0.05, 0) is 12.1 Å². The fourth-order valence-corrected chi connectivity index (χ4v) is 0.643. The Bertz CT molecular complexity index is 283. The molecule has 0 fully saturated rings. The molecule has 0 aromatic carbocycles. The summed E-state index contributed by atoms with van der Waals surface area (Å²) in [6.07, 6.45) is 3.01. The molecule has 1 heterocycles. The van der Waals surface area contributed by atoms with Gasteiger partial charge in [-0.25, -0.2) is 14.4 Å². The Morgan fingerprint density at radius 3 is 2.92 bits per heavy atom. The van der Waals surface area contributed by atoms with E-state index in [1.54, 1.807) is 4.90 Å². The normalized spacial score (nSPS) is 10.6. The Hall–Kier alpha value is -1.45. The van der Waals surface area contributed by atoms with Crippen LogP contribution in [0.2, 0.25) is 0 Å².